The Hall–Kier alpha value is -0.180. The summed E-state index contributed by atoms with van der Waals surface area (Å²) in [5, 5.41) is 3.53. The summed E-state index contributed by atoms with van der Waals surface area (Å²) in [5.41, 5.74) is 0. The number of carbonyl (C=O) groups excluding carboxylic acids is 1. The van der Waals surface area contributed by atoms with Gasteiger partial charge in [-0.1, -0.05) is 20.8 Å². The highest BCUT2D eigenvalue weighted by Gasteiger charge is 2.06. The van der Waals surface area contributed by atoms with E-state index in [0.717, 1.165) is 13.0 Å². The van der Waals surface area contributed by atoms with Gasteiger partial charge in [-0.15, -0.1) is 0 Å². The number of hydrogen-bond acceptors (Lipinski definition) is 2. The first-order chi connectivity index (χ1) is 5.57. The molecular formula is C9H19NOS. The van der Waals surface area contributed by atoms with Crippen LogP contribution in [0.2, 0.25) is 0 Å². The van der Waals surface area contributed by atoms with E-state index in [1.807, 2.05) is 25.6 Å². The van der Waals surface area contributed by atoms with Crippen LogP contribution in [0.5, 0.6) is 0 Å². The van der Waals surface area contributed by atoms with Crippen molar-refractivity contribution < 1.29 is 4.79 Å². The zero-order valence-electron chi connectivity index (χ0n) is 8.39. The normalized spacial score (nSPS) is 13.1. The molecule has 1 N–H and O–H groups in total. The molecule has 1 atom stereocenters. The van der Waals surface area contributed by atoms with Crippen molar-refractivity contribution in [2.75, 3.05) is 12.8 Å². The first kappa shape index (κ1) is 11.8. The van der Waals surface area contributed by atoms with E-state index in [1.165, 1.54) is 0 Å². The van der Waals surface area contributed by atoms with Gasteiger partial charge in [0.2, 0.25) is 5.91 Å². The first-order valence-corrected chi connectivity index (χ1v) is 5.67. The van der Waals surface area contributed by atoms with Crippen LogP contribution in [0, 0.1) is 5.92 Å². The van der Waals surface area contributed by atoms with Gasteiger partial charge in [0, 0.05) is 17.7 Å². The summed E-state index contributed by atoms with van der Waals surface area (Å²) >= 11 is 1.83. The molecule has 0 aromatic heterocycles. The summed E-state index contributed by atoms with van der Waals surface area (Å²) in [7, 11) is 0. The average Bonchev–Trinajstić information content (AvgIpc) is 2.03. The summed E-state index contributed by atoms with van der Waals surface area (Å²) < 4.78 is 0. The fourth-order valence-corrected chi connectivity index (χ4v) is 1.07. The summed E-state index contributed by atoms with van der Waals surface area (Å²) in [6.45, 7) is 6.80. The minimum absolute atomic E-state index is 0.106. The smallest absolute Gasteiger partial charge is 0.222 e. The van der Waals surface area contributed by atoms with Crippen LogP contribution in [0.3, 0.4) is 0 Å². The minimum Gasteiger partial charge on any atom is -0.356 e. The molecule has 0 rings (SSSR count). The molecule has 12 heavy (non-hydrogen) atoms. The zero-order chi connectivity index (χ0) is 9.56. The van der Waals surface area contributed by atoms with Gasteiger partial charge in [0.05, 0.1) is 0 Å². The van der Waals surface area contributed by atoms with E-state index in [-0.39, 0.29) is 11.8 Å². The molecule has 2 nitrogen and oxygen atoms in total. The molecule has 72 valence electrons. The molecule has 3 heteroatoms. The highest BCUT2D eigenvalue weighted by Crippen LogP contribution is 2.07. The Balaban J connectivity index is 3.37. The van der Waals surface area contributed by atoms with E-state index < -0.39 is 0 Å². The van der Waals surface area contributed by atoms with E-state index in [9.17, 15) is 4.79 Å². The molecule has 0 bridgehead atoms. The van der Waals surface area contributed by atoms with Crippen molar-refractivity contribution in [1.29, 1.82) is 0 Å². The van der Waals surface area contributed by atoms with Crippen LogP contribution in [0.15, 0.2) is 0 Å². The molecule has 0 heterocycles. The number of amides is 1. The number of carbonyl (C=O) groups is 1. The molecule has 0 spiro atoms. The largest absolute Gasteiger partial charge is 0.356 e. The standard InChI is InChI=1S/C9H19NOS/c1-7(2)9(11)10-6-5-8(3)12-4/h7-8H,5-6H2,1-4H3,(H,10,11). The number of hydrogen-bond donors (Lipinski definition) is 1. The van der Waals surface area contributed by atoms with Gasteiger partial charge >= 0.3 is 0 Å². The van der Waals surface area contributed by atoms with E-state index >= 15 is 0 Å². The Morgan fingerprint density at radius 2 is 2.00 bits per heavy atom. The van der Waals surface area contributed by atoms with Crippen molar-refractivity contribution in [1.82, 2.24) is 5.32 Å². The van der Waals surface area contributed by atoms with Crippen molar-refractivity contribution in [2.45, 2.75) is 32.4 Å². The number of rotatable bonds is 5. The third kappa shape index (κ3) is 5.47. The van der Waals surface area contributed by atoms with Gasteiger partial charge in [-0.3, -0.25) is 4.79 Å². The van der Waals surface area contributed by atoms with Crippen molar-refractivity contribution in [3.05, 3.63) is 0 Å². The third-order valence-corrected chi connectivity index (χ3v) is 2.82. The van der Waals surface area contributed by atoms with Gasteiger partial charge in [-0.05, 0) is 12.7 Å². The molecule has 0 radical (unpaired) electrons. The maximum Gasteiger partial charge on any atom is 0.222 e. The van der Waals surface area contributed by atoms with Crippen molar-refractivity contribution in [2.24, 2.45) is 5.92 Å². The van der Waals surface area contributed by atoms with E-state index in [4.69, 9.17) is 0 Å². The van der Waals surface area contributed by atoms with Crippen molar-refractivity contribution in [3.63, 3.8) is 0 Å². The summed E-state index contributed by atoms with van der Waals surface area (Å²) in [4.78, 5) is 11.1. The Morgan fingerprint density at radius 1 is 1.42 bits per heavy atom. The topological polar surface area (TPSA) is 29.1 Å². The predicted molar refractivity (Wildman–Crippen MR) is 55.4 cm³/mol. The zero-order valence-corrected chi connectivity index (χ0v) is 9.20. The van der Waals surface area contributed by atoms with Crippen LogP contribution in [-0.2, 0) is 4.79 Å². The summed E-state index contributed by atoms with van der Waals surface area (Å²) in [6, 6.07) is 0. The predicted octanol–water partition coefficient (Wildman–Crippen LogP) is 1.90. The minimum atomic E-state index is 0.106. The lowest BCUT2D eigenvalue weighted by Crippen LogP contribution is -2.29. The lowest BCUT2D eigenvalue weighted by molar-refractivity contribution is -0.123. The lowest BCUT2D eigenvalue weighted by atomic mass is 10.2. The Kier molecular flexibility index (Phi) is 6.25. The third-order valence-electron chi connectivity index (χ3n) is 1.78. The first-order valence-electron chi connectivity index (χ1n) is 4.38. The van der Waals surface area contributed by atoms with Crippen LogP contribution in [0.1, 0.15) is 27.2 Å². The second-order valence-electron chi connectivity index (χ2n) is 3.28. The molecule has 1 amide bonds. The molecule has 0 aromatic carbocycles. The van der Waals surface area contributed by atoms with Crippen LogP contribution >= 0.6 is 11.8 Å². The molecule has 0 aromatic rings. The molecule has 1 unspecified atom stereocenters. The van der Waals surface area contributed by atoms with Gasteiger partial charge in [-0.25, -0.2) is 0 Å². The van der Waals surface area contributed by atoms with Gasteiger partial charge in [0.15, 0.2) is 0 Å². The molecule has 0 aliphatic rings. The fraction of sp³-hybridized carbons (Fsp3) is 0.889. The number of nitrogens with one attached hydrogen (secondary N) is 1. The van der Waals surface area contributed by atoms with Gasteiger partial charge < -0.3 is 5.32 Å². The number of thioether (sulfide) groups is 1. The average molecular weight is 189 g/mol. The van der Waals surface area contributed by atoms with Crippen LogP contribution < -0.4 is 5.32 Å². The van der Waals surface area contributed by atoms with Crippen LogP contribution in [0.4, 0.5) is 0 Å². The van der Waals surface area contributed by atoms with Gasteiger partial charge in [0.1, 0.15) is 0 Å². The van der Waals surface area contributed by atoms with Crippen molar-refractivity contribution >= 4 is 17.7 Å². The van der Waals surface area contributed by atoms with Gasteiger partial charge in [-0.2, -0.15) is 11.8 Å². The Labute approximate surface area is 79.5 Å². The molecule has 0 aliphatic heterocycles. The van der Waals surface area contributed by atoms with E-state index in [0.29, 0.717) is 5.25 Å². The maximum absolute atomic E-state index is 11.1. The van der Waals surface area contributed by atoms with E-state index in [1.54, 1.807) is 0 Å². The lowest BCUT2D eigenvalue weighted by Gasteiger charge is -2.10. The summed E-state index contributed by atoms with van der Waals surface area (Å²) in [5.74, 6) is 0.262. The van der Waals surface area contributed by atoms with Crippen molar-refractivity contribution in [3.8, 4) is 0 Å². The van der Waals surface area contributed by atoms with Crippen LogP contribution in [0.25, 0.3) is 0 Å². The molecule has 0 aliphatic carbocycles. The highest BCUT2D eigenvalue weighted by atomic mass is 32.2. The van der Waals surface area contributed by atoms with Crippen LogP contribution in [-0.4, -0.2) is 24.0 Å². The molecular weight excluding hydrogens is 170 g/mol. The second kappa shape index (κ2) is 6.35. The van der Waals surface area contributed by atoms with E-state index in [2.05, 4.69) is 18.5 Å². The Morgan fingerprint density at radius 3 is 2.42 bits per heavy atom. The summed E-state index contributed by atoms with van der Waals surface area (Å²) in [6.07, 6.45) is 3.15. The maximum atomic E-state index is 11.1. The Bertz CT molecular complexity index is 136. The SMILES string of the molecule is CSC(C)CCNC(=O)C(C)C. The quantitative estimate of drug-likeness (QED) is 0.715. The fourth-order valence-electron chi connectivity index (χ4n) is 0.721. The second-order valence-corrected chi connectivity index (χ2v) is 4.56. The monoisotopic (exact) mass is 189 g/mol. The highest BCUT2D eigenvalue weighted by molar-refractivity contribution is 7.99. The molecule has 0 fully saturated rings. The van der Waals surface area contributed by atoms with Gasteiger partial charge in [0.25, 0.3) is 0 Å². The molecule has 0 saturated carbocycles. The molecule has 0 saturated heterocycles.